The lowest BCUT2D eigenvalue weighted by atomic mass is 9.87. The van der Waals surface area contributed by atoms with E-state index in [0.29, 0.717) is 12.0 Å². The molecule has 0 bridgehead atoms. The molecule has 0 fully saturated rings. The summed E-state index contributed by atoms with van der Waals surface area (Å²) in [7, 11) is -2.06. The van der Waals surface area contributed by atoms with E-state index >= 15 is 0 Å². The lowest BCUT2D eigenvalue weighted by molar-refractivity contribution is -0.121. The smallest absolute Gasteiger partial charge is 0.241 e. The van der Waals surface area contributed by atoms with Crippen molar-refractivity contribution < 1.29 is 17.6 Å². The van der Waals surface area contributed by atoms with Gasteiger partial charge in [0.2, 0.25) is 15.9 Å². The topological polar surface area (TPSA) is 81.1 Å². The molecule has 6 nitrogen and oxygen atoms in total. The molecule has 0 spiro atoms. The maximum atomic E-state index is 13.6. The Kier molecular flexibility index (Phi) is 4.89. The third-order valence-corrected chi connectivity index (χ3v) is 5.64. The molecule has 0 aliphatic heterocycles. The number of hydrogen-bond acceptors (Lipinski definition) is 4. The number of aromatic nitrogens is 2. The van der Waals surface area contributed by atoms with E-state index in [9.17, 15) is 17.6 Å². The second kappa shape index (κ2) is 6.95. The number of nitrogens with zero attached hydrogens (tertiary/aromatic N) is 2. The van der Waals surface area contributed by atoms with Crippen LogP contribution in [0.3, 0.4) is 0 Å². The van der Waals surface area contributed by atoms with Gasteiger partial charge in [-0.3, -0.25) is 14.2 Å². The molecule has 0 saturated heterocycles. The number of aryl methyl sites for hydroxylation is 3. The van der Waals surface area contributed by atoms with Crippen LogP contribution in [0, 0.1) is 5.82 Å². The van der Waals surface area contributed by atoms with E-state index in [4.69, 9.17) is 0 Å². The third kappa shape index (κ3) is 4.07. The molecule has 1 unspecified atom stereocenters. The second-order valence-corrected chi connectivity index (χ2v) is 8.12. The zero-order chi connectivity index (χ0) is 18.0. The number of nitrogens with one attached hydrogen (secondary N) is 1. The maximum absolute atomic E-state index is 13.6. The summed E-state index contributed by atoms with van der Waals surface area (Å²) in [4.78, 5) is 12.5. The predicted molar refractivity (Wildman–Crippen MR) is 90.9 cm³/mol. The molecular weight excluding hydrogens is 345 g/mol. The molecule has 1 aliphatic rings. The van der Waals surface area contributed by atoms with Crippen molar-refractivity contribution in [2.45, 2.75) is 31.6 Å². The number of hydrogen-bond donors (Lipinski definition) is 1. The zero-order valence-electron chi connectivity index (χ0n) is 13.9. The van der Waals surface area contributed by atoms with E-state index in [-0.39, 0.29) is 12.2 Å². The molecule has 8 heteroatoms. The number of amides is 1. The summed E-state index contributed by atoms with van der Waals surface area (Å²) in [5, 5.41) is 4.31. The van der Waals surface area contributed by atoms with Crippen LogP contribution in [0.2, 0.25) is 0 Å². The molecule has 1 amide bonds. The molecule has 2 aromatic rings. The van der Waals surface area contributed by atoms with Crippen molar-refractivity contribution >= 4 is 15.9 Å². The first-order chi connectivity index (χ1) is 11.9. The fourth-order valence-electron chi connectivity index (χ4n) is 3.16. The van der Waals surface area contributed by atoms with E-state index in [1.165, 1.54) is 12.1 Å². The van der Waals surface area contributed by atoms with Gasteiger partial charge in [0.1, 0.15) is 5.82 Å². The summed E-state index contributed by atoms with van der Waals surface area (Å²) in [6, 6.07) is 6.02. The van der Waals surface area contributed by atoms with E-state index in [2.05, 4.69) is 9.82 Å². The normalized spacial score (nSPS) is 17.1. The summed E-state index contributed by atoms with van der Waals surface area (Å²) in [5.41, 5.74) is 1.95. The fourth-order valence-corrected chi connectivity index (χ4v) is 4.20. The van der Waals surface area contributed by atoms with Crippen LogP contribution < -0.4 is 4.72 Å². The van der Waals surface area contributed by atoms with Gasteiger partial charge in [-0.25, -0.2) is 12.8 Å². The number of halogens is 1. The monoisotopic (exact) mass is 365 g/mol. The summed E-state index contributed by atoms with van der Waals surface area (Å²) in [5.74, 6) is -1.84. The Morgan fingerprint density at radius 3 is 2.92 bits per heavy atom. The fraction of sp³-hybridized carbons (Fsp3) is 0.412. The summed E-state index contributed by atoms with van der Waals surface area (Å²) in [6.07, 6.45) is 3.95. The minimum absolute atomic E-state index is 0.0120. The van der Waals surface area contributed by atoms with Gasteiger partial charge in [-0.15, -0.1) is 0 Å². The SMILES string of the molecule is Cn1cc2c(n1)CCCC2C(=O)NS(=O)(=O)CCc1ccccc1F. The largest absolute Gasteiger partial charge is 0.275 e. The van der Waals surface area contributed by atoms with Gasteiger partial charge in [-0.1, -0.05) is 18.2 Å². The van der Waals surface area contributed by atoms with Crippen LogP contribution >= 0.6 is 0 Å². The Morgan fingerprint density at radius 2 is 2.16 bits per heavy atom. The van der Waals surface area contributed by atoms with Gasteiger partial charge in [0.05, 0.1) is 17.4 Å². The Hall–Kier alpha value is -2.22. The highest BCUT2D eigenvalue weighted by Crippen LogP contribution is 2.31. The summed E-state index contributed by atoms with van der Waals surface area (Å²) >= 11 is 0. The van der Waals surface area contributed by atoms with Gasteiger partial charge in [0.15, 0.2) is 0 Å². The summed E-state index contributed by atoms with van der Waals surface area (Å²) < 4.78 is 41.8. The van der Waals surface area contributed by atoms with Crippen LogP contribution in [0.5, 0.6) is 0 Å². The first-order valence-electron chi connectivity index (χ1n) is 8.16. The second-order valence-electron chi connectivity index (χ2n) is 6.28. The van der Waals surface area contributed by atoms with Crippen molar-refractivity contribution in [1.82, 2.24) is 14.5 Å². The molecule has 134 valence electrons. The molecular formula is C17H20FN3O3S. The number of sulfonamides is 1. The lowest BCUT2D eigenvalue weighted by Gasteiger charge is -2.20. The van der Waals surface area contributed by atoms with Crippen molar-refractivity contribution in [2.75, 3.05) is 5.75 Å². The van der Waals surface area contributed by atoms with Crippen LogP contribution in [0.15, 0.2) is 30.5 Å². The standard InChI is InChI=1S/C17H20FN3O3S/c1-21-11-14-13(6-4-8-16(14)19-21)17(22)20-25(23,24)10-9-12-5-2-3-7-15(12)18/h2-3,5,7,11,13H,4,6,8-10H2,1H3,(H,20,22). The highest BCUT2D eigenvalue weighted by molar-refractivity contribution is 7.90. The van der Waals surface area contributed by atoms with E-state index in [1.807, 2.05) is 0 Å². The predicted octanol–water partition coefficient (Wildman–Crippen LogP) is 1.67. The number of carbonyl (C=O) groups is 1. The summed E-state index contributed by atoms with van der Waals surface area (Å²) in [6.45, 7) is 0. The van der Waals surface area contributed by atoms with Crippen LogP contribution in [-0.4, -0.2) is 29.9 Å². The molecule has 25 heavy (non-hydrogen) atoms. The van der Waals surface area contributed by atoms with Crippen molar-refractivity contribution in [3.05, 3.63) is 53.1 Å². The average molecular weight is 365 g/mol. The zero-order valence-corrected chi connectivity index (χ0v) is 14.7. The highest BCUT2D eigenvalue weighted by atomic mass is 32.2. The van der Waals surface area contributed by atoms with Crippen molar-refractivity contribution in [1.29, 1.82) is 0 Å². The highest BCUT2D eigenvalue weighted by Gasteiger charge is 2.31. The van der Waals surface area contributed by atoms with Crippen LogP contribution in [0.25, 0.3) is 0 Å². The molecule has 0 radical (unpaired) electrons. The molecule has 0 saturated carbocycles. The maximum Gasteiger partial charge on any atom is 0.241 e. The van der Waals surface area contributed by atoms with Crippen molar-refractivity contribution in [3.63, 3.8) is 0 Å². The van der Waals surface area contributed by atoms with Crippen LogP contribution in [0.1, 0.15) is 35.6 Å². The Balaban J connectivity index is 1.67. The number of fused-ring (bicyclic) bond motifs is 1. The minimum atomic E-state index is -3.83. The molecule has 1 N–H and O–H groups in total. The van der Waals surface area contributed by atoms with Gasteiger partial charge in [0.25, 0.3) is 0 Å². The number of rotatable bonds is 5. The van der Waals surface area contributed by atoms with E-state index in [1.54, 1.807) is 30.1 Å². The van der Waals surface area contributed by atoms with Crippen LogP contribution in [0.4, 0.5) is 4.39 Å². The Labute approximate surface area is 146 Å². The van der Waals surface area contributed by atoms with Gasteiger partial charge >= 0.3 is 0 Å². The first kappa shape index (κ1) is 17.6. The van der Waals surface area contributed by atoms with Crippen molar-refractivity contribution in [2.24, 2.45) is 7.05 Å². The number of benzene rings is 1. The number of carbonyl (C=O) groups excluding carboxylic acids is 1. The lowest BCUT2D eigenvalue weighted by Crippen LogP contribution is -2.37. The van der Waals surface area contributed by atoms with E-state index < -0.39 is 27.7 Å². The van der Waals surface area contributed by atoms with Crippen LogP contribution in [-0.2, 0) is 34.7 Å². The molecule has 1 aromatic heterocycles. The molecule has 3 rings (SSSR count). The van der Waals surface area contributed by atoms with Gasteiger partial charge in [-0.2, -0.15) is 5.10 Å². The molecule has 1 atom stereocenters. The third-order valence-electron chi connectivity index (χ3n) is 4.39. The van der Waals surface area contributed by atoms with Crippen molar-refractivity contribution in [3.8, 4) is 0 Å². The van der Waals surface area contributed by atoms with Gasteiger partial charge in [0, 0.05) is 18.8 Å². The van der Waals surface area contributed by atoms with Gasteiger partial charge < -0.3 is 0 Å². The molecule has 1 heterocycles. The Morgan fingerprint density at radius 1 is 1.40 bits per heavy atom. The Bertz CT molecular complexity index is 892. The first-order valence-corrected chi connectivity index (χ1v) is 9.81. The molecule has 1 aromatic carbocycles. The minimum Gasteiger partial charge on any atom is -0.275 e. The van der Waals surface area contributed by atoms with E-state index in [0.717, 1.165) is 24.1 Å². The molecule has 1 aliphatic carbocycles. The average Bonchev–Trinajstić information content (AvgIpc) is 2.93. The van der Waals surface area contributed by atoms with Gasteiger partial charge in [-0.05, 0) is 37.3 Å². The quantitative estimate of drug-likeness (QED) is 0.874.